The third-order valence-corrected chi connectivity index (χ3v) is 3.64. The standard InChI is InChI=1S/C15H17N3O/c1-9-3-4-10(2)12(5-9)13-8-17-15(18-13)11-6-14(19)16-7-11/h3-5,8,11H,6-7H2,1-2H3,(H,16,19)(H,17,18)/t11-/m1/s1. The van der Waals surface area contributed by atoms with E-state index in [2.05, 4.69) is 47.3 Å². The van der Waals surface area contributed by atoms with Crippen LogP contribution < -0.4 is 5.32 Å². The van der Waals surface area contributed by atoms with Crippen molar-refractivity contribution in [2.24, 2.45) is 0 Å². The van der Waals surface area contributed by atoms with Crippen molar-refractivity contribution in [3.63, 3.8) is 0 Å². The molecule has 1 aliphatic heterocycles. The summed E-state index contributed by atoms with van der Waals surface area (Å²) >= 11 is 0. The first-order valence-corrected chi connectivity index (χ1v) is 6.52. The largest absolute Gasteiger partial charge is 0.355 e. The summed E-state index contributed by atoms with van der Waals surface area (Å²) in [4.78, 5) is 19.0. The molecular formula is C15H17N3O. The Hall–Kier alpha value is -2.10. The molecule has 0 saturated carbocycles. The Morgan fingerprint density at radius 3 is 2.89 bits per heavy atom. The van der Waals surface area contributed by atoms with E-state index in [1.807, 2.05) is 6.20 Å². The van der Waals surface area contributed by atoms with Gasteiger partial charge in [0, 0.05) is 24.4 Å². The highest BCUT2D eigenvalue weighted by molar-refractivity contribution is 5.79. The van der Waals surface area contributed by atoms with Crippen molar-refractivity contribution in [2.45, 2.75) is 26.2 Å². The molecular weight excluding hydrogens is 238 g/mol. The SMILES string of the molecule is Cc1ccc(C)c(-c2cnc([C@H]3CNC(=O)C3)[nH]2)c1. The minimum Gasteiger partial charge on any atom is -0.355 e. The number of benzene rings is 1. The lowest BCUT2D eigenvalue weighted by Crippen LogP contribution is -2.13. The van der Waals surface area contributed by atoms with Gasteiger partial charge in [-0.05, 0) is 25.5 Å². The maximum Gasteiger partial charge on any atom is 0.220 e. The second-order valence-corrected chi connectivity index (χ2v) is 5.21. The minimum absolute atomic E-state index is 0.106. The predicted molar refractivity (Wildman–Crippen MR) is 73.9 cm³/mol. The highest BCUT2D eigenvalue weighted by Gasteiger charge is 2.25. The number of aromatic nitrogens is 2. The van der Waals surface area contributed by atoms with Gasteiger partial charge in [-0.3, -0.25) is 4.79 Å². The second-order valence-electron chi connectivity index (χ2n) is 5.21. The van der Waals surface area contributed by atoms with Crippen LogP contribution in [-0.4, -0.2) is 22.4 Å². The molecule has 1 fully saturated rings. The zero-order chi connectivity index (χ0) is 13.4. The number of aryl methyl sites for hydroxylation is 2. The van der Waals surface area contributed by atoms with Gasteiger partial charge in [0.1, 0.15) is 5.82 Å². The molecule has 0 aliphatic carbocycles. The first-order chi connectivity index (χ1) is 9.13. The second kappa shape index (κ2) is 4.53. The van der Waals surface area contributed by atoms with Gasteiger partial charge in [-0.25, -0.2) is 4.98 Å². The van der Waals surface area contributed by atoms with E-state index in [0.717, 1.165) is 11.5 Å². The normalized spacial score (nSPS) is 18.6. The van der Waals surface area contributed by atoms with Crippen LogP contribution in [0, 0.1) is 13.8 Å². The summed E-state index contributed by atoms with van der Waals surface area (Å²) in [5.74, 6) is 1.18. The molecule has 0 spiro atoms. The summed E-state index contributed by atoms with van der Waals surface area (Å²) < 4.78 is 0. The van der Waals surface area contributed by atoms with E-state index >= 15 is 0 Å². The molecule has 19 heavy (non-hydrogen) atoms. The molecule has 2 aromatic rings. The van der Waals surface area contributed by atoms with Gasteiger partial charge in [0.05, 0.1) is 11.9 Å². The Morgan fingerprint density at radius 2 is 2.16 bits per heavy atom. The number of nitrogens with one attached hydrogen (secondary N) is 2. The van der Waals surface area contributed by atoms with Crippen molar-refractivity contribution in [3.05, 3.63) is 41.3 Å². The molecule has 1 atom stereocenters. The first-order valence-electron chi connectivity index (χ1n) is 6.52. The van der Waals surface area contributed by atoms with Crippen molar-refractivity contribution < 1.29 is 4.79 Å². The zero-order valence-corrected chi connectivity index (χ0v) is 11.2. The quantitative estimate of drug-likeness (QED) is 0.865. The number of amides is 1. The number of aromatic amines is 1. The van der Waals surface area contributed by atoms with Crippen LogP contribution in [-0.2, 0) is 4.79 Å². The van der Waals surface area contributed by atoms with Crippen molar-refractivity contribution in [1.82, 2.24) is 15.3 Å². The molecule has 4 heteroatoms. The lowest BCUT2D eigenvalue weighted by Gasteiger charge is -2.05. The molecule has 0 bridgehead atoms. The fraction of sp³-hybridized carbons (Fsp3) is 0.333. The monoisotopic (exact) mass is 255 g/mol. The fourth-order valence-electron chi connectivity index (χ4n) is 2.51. The summed E-state index contributed by atoms with van der Waals surface area (Å²) in [5.41, 5.74) is 4.66. The molecule has 1 amide bonds. The maximum atomic E-state index is 11.2. The van der Waals surface area contributed by atoms with Gasteiger partial charge in [-0.15, -0.1) is 0 Å². The van der Waals surface area contributed by atoms with E-state index in [0.29, 0.717) is 13.0 Å². The van der Waals surface area contributed by atoms with Crippen molar-refractivity contribution >= 4 is 5.91 Å². The molecule has 1 aromatic carbocycles. The minimum atomic E-state index is 0.106. The summed E-state index contributed by atoms with van der Waals surface area (Å²) in [6.45, 7) is 4.86. The van der Waals surface area contributed by atoms with Crippen LogP contribution in [0.25, 0.3) is 11.3 Å². The molecule has 2 heterocycles. The maximum absolute atomic E-state index is 11.2. The molecule has 2 N–H and O–H groups in total. The zero-order valence-electron chi connectivity index (χ0n) is 11.2. The number of H-pyrrole nitrogens is 1. The van der Waals surface area contributed by atoms with Gasteiger partial charge in [0.15, 0.2) is 0 Å². The van der Waals surface area contributed by atoms with Crippen molar-refractivity contribution in [2.75, 3.05) is 6.54 Å². The third kappa shape index (κ3) is 2.26. The molecule has 1 aromatic heterocycles. The van der Waals surface area contributed by atoms with Gasteiger partial charge in [-0.1, -0.05) is 17.7 Å². The smallest absolute Gasteiger partial charge is 0.220 e. The Balaban J connectivity index is 1.92. The predicted octanol–water partition coefficient (Wildman–Crippen LogP) is 2.30. The van der Waals surface area contributed by atoms with E-state index in [-0.39, 0.29) is 11.8 Å². The van der Waals surface area contributed by atoms with Crippen LogP contribution in [0.2, 0.25) is 0 Å². The number of nitrogens with zero attached hydrogens (tertiary/aromatic N) is 1. The van der Waals surface area contributed by atoms with Gasteiger partial charge >= 0.3 is 0 Å². The summed E-state index contributed by atoms with van der Waals surface area (Å²) in [7, 11) is 0. The van der Waals surface area contributed by atoms with Crippen molar-refractivity contribution in [1.29, 1.82) is 0 Å². The number of hydrogen-bond donors (Lipinski definition) is 2. The van der Waals surface area contributed by atoms with Crippen LogP contribution in [0.3, 0.4) is 0 Å². The summed E-state index contributed by atoms with van der Waals surface area (Å²) in [6.07, 6.45) is 2.39. The number of carbonyl (C=O) groups is 1. The summed E-state index contributed by atoms with van der Waals surface area (Å²) in [6, 6.07) is 6.38. The topological polar surface area (TPSA) is 57.8 Å². The van der Waals surface area contributed by atoms with Crippen LogP contribution in [0.5, 0.6) is 0 Å². The Bertz CT molecular complexity index is 630. The van der Waals surface area contributed by atoms with Crippen LogP contribution in [0.15, 0.2) is 24.4 Å². The van der Waals surface area contributed by atoms with Crippen LogP contribution in [0.4, 0.5) is 0 Å². The van der Waals surface area contributed by atoms with Crippen molar-refractivity contribution in [3.8, 4) is 11.3 Å². The van der Waals surface area contributed by atoms with E-state index in [1.54, 1.807) is 0 Å². The van der Waals surface area contributed by atoms with Gasteiger partial charge < -0.3 is 10.3 Å². The first kappa shape index (κ1) is 12.0. The number of carbonyl (C=O) groups excluding carboxylic acids is 1. The number of rotatable bonds is 2. The summed E-state index contributed by atoms with van der Waals surface area (Å²) in [5, 5.41) is 2.84. The van der Waals surface area contributed by atoms with Gasteiger partial charge in [0.2, 0.25) is 5.91 Å². The highest BCUT2D eigenvalue weighted by atomic mass is 16.1. The molecule has 1 aliphatic rings. The number of imidazole rings is 1. The average Bonchev–Trinajstić information content (AvgIpc) is 3.00. The lowest BCUT2D eigenvalue weighted by atomic mass is 10.0. The van der Waals surface area contributed by atoms with E-state index in [1.165, 1.54) is 16.7 Å². The van der Waals surface area contributed by atoms with E-state index in [9.17, 15) is 4.79 Å². The molecule has 0 unspecified atom stereocenters. The molecule has 0 radical (unpaired) electrons. The average molecular weight is 255 g/mol. The van der Waals surface area contributed by atoms with Crippen LogP contribution in [0.1, 0.15) is 29.3 Å². The van der Waals surface area contributed by atoms with E-state index in [4.69, 9.17) is 0 Å². The van der Waals surface area contributed by atoms with Crippen LogP contribution >= 0.6 is 0 Å². The Kier molecular flexibility index (Phi) is 2.85. The Labute approximate surface area is 112 Å². The Morgan fingerprint density at radius 1 is 1.32 bits per heavy atom. The van der Waals surface area contributed by atoms with Gasteiger partial charge in [-0.2, -0.15) is 0 Å². The molecule has 4 nitrogen and oxygen atoms in total. The molecule has 98 valence electrons. The lowest BCUT2D eigenvalue weighted by molar-refractivity contribution is -0.119. The molecule has 3 rings (SSSR count). The highest BCUT2D eigenvalue weighted by Crippen LogP contribution is 2.26. The van der Waals surface area contributed by atoms with Gasteiger partial charge in [0.25, 0.3) is 0 Å². The number of hydrogen-bond acceptors (Lipinski definition) is 2. The van der Waals surface area contributed by atoms with E-state index < -0.39 is 0 Å². The molecule has 1 saturated heterocycles. The third-order valence-electron chi connectivity index (χ3n) is 3.64. The fourth-order valence-corrected chi connectivity index (χ4v) is 2.51.